The van der Waals surface area contributed by atoms with Crippen LogP contribution in [-0.4, -0.2) is 44.2 Å². The Bertz CT molecular complexity index is 1500. The van der Waals surface area contributed by atoms with Crippen LogP contribution in [0.15, 0.2) is 47.5 Å². The number of pyridine rings is 3. The molecule has 8 nitrogen and oxygen atoms in total. The zero-order valence-electron chi connectivity index (χ0n) is 19.9. The molecule has 0 radical (unpaired) electrons. The highest BCUT2D eigenvalue weighted by Crippen LogP contribution is 2.33. The van der Waals surface area contributed by atoms with E-state index in [0.717, 1.165) is 23.5 Å². The maximum atomic E-state index is 13.2. The monoisotopic (exact) mass is 496 g/mol. The average molecular weight is 496 g/mol. The fraction of sp³-hybridized carbons (Fsp3) is 0.320. The van der Waals surface area contributed by atoms with Gasteiger partial charge in [0.15, 0.2) is 0 Å². The Labute approximate surface area is 204 Å². The van der Waals surface area contributed by atoms with Gasteiger partial charge >= 0.3 is 6.18 Å². The molecule has 1 aliphatic heterocycles. The van der Waals surface area contributed by atoms with Crippen LogP contribution < -0.4 is 10.5 Å². The van der Waals surface area contributed by atoms with Gasteiger partial charge in [0.1, 0.15) is 34.7 Å². The van der Waals surface area contributed by atoms with Crippen LogP contribution in [0.2, 0.25) is 0 Å². The molecule has 1 aliphatic rings. The predicted molar refractivity (Wildman–Crippen MR) is 128 cm³/mol. The third-order valence-electron chi connectivity index (χ3n) is 6.28. The lowest BCUT2D eigenvalue weighted by atomic mass is 10.1. The van der Waals surface area contributed by atoms with Crippen molar-refractivity contribution in [3.8, 4) is 11.3 Å². The first kappa shape index (κ1) is 23.9. The second-order valence-electron chi connectivity index (χ2n) is 8.71. The molecule has 0 spiro atoms. The van der Waals surface area contributed by atoms with Gasteiger partial charge in [-0.05, 0) is 49.7 Å². The van der Waals surface area contributed by atoms with Gasteiger partial charge in [-0.2, -0.15) is 13.2 Å². The van der Waals surface area contributed by atoms with E-state index in [9.17, 15) is 18.0 Å². The Morgan fingerprint density at radius 1 is 1.08 bits per heavy atom. The zero-order chi connectivity index (χ0) is 25.6. The van der Waals surface area contributed by atoms with Gasteiger partial charge in [0, 0.05) is 43.8 Å². The fourth-order valence-corrected chi connectivity index (χ4v) is 4.26. The van der Waals surface area contributed by atoms with Crippen molar-refractivity contribution in [3.63, 3.8) is 0 Å². The largest absolute Gasteiger partial charge is 0.433 e. The summed E-state index contributed by atoms with van der Waals surface area (Å²) in [6, 6.07) is 7.75. The van der Waals surface area contributed by atoms with E-state index >= 15 is 0 Å². The van der Waals surface area contributed by atoms with E-state index in [4.69, 9.17) is 9.72 Å². The van der Waals surface area contributed by atoms with Crippen LogP contribution in [0.3, 0.4) is 0 Å². The van der Waals surface area contributed by atoms with E-state index in [-0.39, 0.29) is 11.7 Å². The molecule has 4 aromatic heterocycles. The topological polar surface area (TPSA) is 86.0 Å². The van der Waals surface area contributed by atoms with Crippen LogP contribution in [-0.2, 0) is 18.0 Å². The van der Waals surface area contributed by atoms with Crippen molar-refractivity contribution in [2.24, 2.45) is 7.05 Å². The summed E-state index contributed by atoms with van der Waals surface area (Å²) in [5.74, 6) is 0.974. The minimum atomic E-state index is -4.56. The first-order valence-electron chi connectivity index (χ1n) is 11.3. The number of aryl methyl sites for hydroxylation is 2. The summed E-state index contributed by atoms with van der Waals surface area (Å²) >= 11 is 0. The van der Waals surface area contributed by atoms with Crippen LogP contribution in [0.25, 0.3) is 22.2 Å². The third-order valence-corrected chi connectivity index (χ3v) is 6.28. The highest BCUT2D eigenvalue weighted by Gasteiger charge is 2.32. The molecule has 4 aromatic rings. The minimum Gasteiger partial charge on any atom is -0.370 e. The van der Waals surface area contributed by atoms with Crippen molar-refractivity contribution in [1.82, 2.24) is 24.5 Å². The molecular formula is C25H23F3N6O2. The summed E-state index contributed by atoms with van der Waals surface area (Å²) in [4.78, 5) is 32.3. The molecule has 36 heavy (non-hydrogen) atoms. The van der Waals surface area contributed by atoms with Gasteiger partial charge in [-0.1, -0.05) is 0 Å². The number of halogens is 3. The number of rotatable bonds is 3. The molecule has 186 valence electrons. The smallest absolute Gasteiger partial charge is 0.370 e. The Balaban J connectivity index is 1.62. The van der Waals surface area contributed by atoms with Crippen LogP contribution in [0.5, 0.6) is 0 Å². The van der Waals surface area contributed by atoms with Crippen molar-refractivity contribution >= 4 is 16.7 Å². The molecule has 5 heterocycles. The fourth-order valence-electron chi connectivity index (χ4n) is 4.26. The molecule has 5 rings (SSSR count). The Hall–Kier alpha value is -3.86. The summed E-state index contributed by atoms with van der Waals surface area (Å²) in [5.41, 5.74) is 1.53. The number of ether oxygens (including phenoxy) is 1. The third kappa shape index (κ3) is 4.41. The molecular weight excluding hydrogens is 473 g/mol. The molecule has 0 amide bonds. The average Bonchev–Trinajstić information content (AvgIpc) is 2.87. The first-order valence-corrected chi connectivity index (χ1v) is 11.3. The van der Waals surface area contributed by atoms with Crippen LogP contribution >= 0.6 is 0 Å². The molecule has 0 bridgehead atoms. The van der Waals surface area contributed by atoms with Gasteiger partial charge in [0.25, 0.3) is 5.56 Å². The number of nitrogens with zero attached hydrogens (tertiary/aromatic N) is 6. The lowest BCUT2D eigenvalue weighted by Crippen LogP contribution is -2.39. The maximum absolute atomic E-state index is 13.2. The lowest BCUT2D eigenvalue weighted by Gasteiger charge is -2.34. The molecule has 11 heteroatoms. The van der Waals surface area contributed by atoms with Gasteiger partial charge in [0.05, 0.1) is 12.0 Å². The van der Waals surface area contributed by atoms with Crippen LogP contribution in [0.4, 0.5) is 19.0 Å². The van der Waals surface area contributed by atoms with Crippen LogP contribution in [0, 0.1) is 13.8 Å². The Morgan fingerprint density at radius 3 is 2.58 bits per heavy atom. The molecule has 0 aliphatic carbocycles. The minimum absolute atomic E-state index is 0.229. The van der Waals surface area contributed by atoms with E-state index in [2.05, 4.69) is 15.0 Å². The van der Waals surface area contributed by atoms with Crippen molar-refractivity contribution < 1.29 is 17.9 Å². The van der Waals surface area contributed by atoms with Gasteiger partial charge in [-0.15, -0.1) is 0 Å². The number of morpholine rings is 1. The maximum Gasteiger partial charge on any atom is 0.433 e. The highest BCUT2D eigenvalue weighted by atomic mass is 19.4. The number of hydrogen-bond donors (Lipinski definition) is 0. The van der Waals surface area contributed by atoms with Gasteiger partial charge < -0.3 is 9.64 Å². The number of hydrogen-bond acceptors (Lipinski definition) is 7. The molecule has 0 N–H and O–H groups in total. The molecule has 0 unspecified atom stereocenters. The second-order valence-corrected chi connectivity index (χ2v) is 8.71. The normalized spacial score (nSPS) is 16.5. The number of alkyl halides is 3. The molecule has 1 fully saturated rings. The van der Waals surface area contributed by atoms with Crippen molar-refractivity contribution in [2.45, 2.75) is 26.1 Å². The molecule has 0 saturated carbocycles. The lowest BCUT2D eigenvalue weighted by molar-refractivity contribution is -0.141. The van der Waals surface area contributed by atoms with Gasteiger partial charge in [0.2, 0.25) is 0 Å². The SMILES string of the molecule is Cc1cc([C@@H]2CN(c3cc4c(=O)n(C)c(C)nc4c(-c4ccc(C(F)(F)F)nc4)n3)CCO2)ccn1. The number of fused-ring (bicyclic) bond motifs is 1. The predicted octanol–water partition coefficient (Wildman–Crippen LogP) is 4.00. The van der Waals surface area contributed by atoms with Crippen molar-refractivity contribution in [1.29, 1.82) is 0 Å². The van der Waals surface area contributed by atoms with E-state index < -0.39 is 11.9 Å². The number of aromatic nitrogens is 5. The first-order chi connectivity index (χ1) is 17.1. The Morgan fingerprint density at radius 2 is 1.89 bits per heavy atom. The van der Waals surface area contributed by atoms with Crippen molar-refractivity contribution in [3.05, 3.63) is 75.9 Å². The summed E-state index contributed by atoms with van der Waals surface area (Å²) in [6.45, 7) is 5.04. The summed E-state index contributed by atoms with van der Waals surface area (Å²) in [7, 11) is 1.63. The van der Waals surface area contributed by atoms with E-state index in [1.165, 1.54) is 10.6 Å². The number of anilines is 1. The van der Waals surface area contributed by atoms with E-state index in [0.29, 0.717) is 53.5 Å². The van der Waals surface area contributed by atoms with Gasteiger partial charge in [-0.25, -0.2) is 9.97 Å². The van der Waals surface area contributed by atoms with E-state index in [1.54, 1.807) is 26.2 Å². The van der Waals surface area contributed by atoms with Gasteiger partial charge in [-0.3, -0.25) is 19.3 Å². The summed E-state index contributed by atoms with van der Waals surface area (Å²) in [6.07, 6.45) is -1.94. The zero-order valence-corrected chi connectivity index (χ0v) is 19.9. The molecule has 1 atom stereocenters. The van der Waals surface area contributed by atoms with Crippen molar-refractivity contribution in [2.75, 3.05) is 24.6 Å². The molecule has 0 aromatic carbocycles. The summed E-state index contributed by atoms with van der Waals surface area (Å²) in [5, 5.41) is 0.325. The van der Waals surface area contributed by atoms with E-state index in [1.807, 2.05) is 24.0 Å². The standard InChI is InChI=1S/C25H23F3N6O2/c1-14-10-16(6-7-29-14)19-13-34(8-9-36-19)21-11-18-23(31-15(2)33(3)24(18)35)22(32-21)17-4-5-20(30-12-17)25(26,27)28/h4-7,10-12,19H,8-9,13H2,1-3H3/t19-/m0/s1. The highest BCUT2D eigenvalue weighted by molar-refractivity contribution is 5.92. The Kier molecular flexibility index (Phi) is 5.95. The second kappa shape index (κ2) is 8.98. The quantitative estimate of drug-likeness (QED) is 0.424. The molecule has 1 saturated heterocycles. The van der Waals surface area contributed by atoms with Crippen LogP contribution in [0.1, 0.15) is 28.9 Å². The summed E-state index contributed by atoms with van der Waals surface area (Å²) < 4.78 is 46.6.